The lowest BCUT2D eigenvalue weighted by Gasteiger charge is -2.03. The second kappa shape index (κ2) is 8.68. The number of benzene rings is 1. The van der Waals surface area contributed by atoms with Crippen molar-refractivity contribution in [3.63, 3.8) is 0 Å². The molecule has 0 aliphatic heterocycles. The largest absolute Gasteiger partial charge is 0.506 e. The minimum Gasteiger partial charge on any atom is -0.506 e. The van der Waals surface area contributed by atoms with E-state index in [9.17, 15) is 14.7 Å². The van der Waals surface area contributed by atoms with Gasteiger partial charge in [-0.1, -0.05) is 28.1 Å². The summed E-state index contributed by atoms with van der Waals surface area (Å²) in [6.45, 7) is 1.71. The molecule has 3 N–H and O–H groups in total. The summed E-state index contributed by atoms with van der Waals surface area (Å²) < 4.78 is 0.959. The Kier molecular flexibility index (Phi) is 6.28. The van der Waals surface area contributed by atoms with E-state index < -0.39 is 5.91 Å². The van der Waals surface area contributed by atoms with Gasteiger partial charge in [0.2, 0.25) is 0 Å². The quantitative estimate of drug-likeness (QED) is 0.374. The van der Waals surface area contributed by atoms with E-state index in [1.165, 1.54) is 18.4 Å². The van der Waals surface area contributed by atoms with Crippen molar-refractivity contribution in [2.45, 2.75) is 6.92 Å². The normalized spacial score (nSPS) is 11.3. The van der Waals surface area contributed by atoms with Crippen LogP contribution in [0.25, 0.3) is 10.4 Å². The van der Waals surface area contributed by atoms with Gasteiger partial charge in [-0.05, 0) is 36.8 Å². The first-order valence-corrected chi connectivity index (χ1v) is 10.6. The summed E-state index contributed by atoms with van der Waals surface area (Å²) >= 11 is 5.88. The number of hydrogen-bond acceptors (Lipinski definition) is 6. The lowest BCUT2D eigenvalue weighted by molar-refractivity contribution is 0.0955. The van der Waals surface area contributed by atoms with Crippen LogP contribution in [0.3, 0.4) is 0 Å². The number of rotatable bonds is 5. The molecule has 3 rings (SSSR count). The number of thiophene rings is 2. The fourth-order valence-corrected chi connectivity index (χ4v) is 4.49. The monoisotopic (exact) mass is 477 g/mol. The van der Waals surface area contributed by atoms with Crippen molar-refractivity contribution < 1.29 is 14.7 Å². The van der Waals surface area contributed by atoms with Gasteiger partial charge in [-0.15, -0.1) is 22.7 Å². The number of nitrogens with one attached hydrogen (secondary N) is 2. The van der Waals surface area contributed by atoms with Crippen molar-refractivity contribution in [1.82, 2.24) is 10.7 Å². The van der Waals surface area contributed by atoms with E-state index >= 15 is 0 Å². The zero-order chi connectivity index (χ0) is 20.3. The number of hydrazone groups is 1. The Hall–Kier alpha value is -2.49. The summed E-state index contributed by atoms with van der Waals surface area (Å²) in [7, 11) is 1.53. The third kappa shape index (κ3) is 4.32. The summed E-state index contributed by atoms with van der Waals surface area (Å²) in [5.74, 6) is -0.532. The lowest BCUT2D eigenvalue weighted by atomic mass is 10.1. The average Bonchev–Trinajstić information content (AvgIpc) is 3.33. The number of hydrogen-bond donors (Lipinski definition) is 3. The fraction of sp³-hybridized carbons (Fsp3) is 0.105. The van der Waals surface area contributed by atoms with Crippen molar-refractivity contribution in [1.29, 1.82) is 0 Å². The maximum Gasteiger partial charge on any atom is 0.281 e. The van der Waals surface area contributed by atoms with Gasteiger partial charge in [0.1, 0.15) is 5.75 Å². The second-order valence-corrected chi connectivity index (χ2v) is 8.59. The molecule has 1 aromatic carbocycles. The highest BCUT2D eigenvalue weighted by Crippen LogP contribution is 2.39. The molecular weight excluding hydrogens is 462 g/mol. The van der Waals surface area contributed by atoms with E-state index in [4.69, 9.17) is 0 Å². The Balaban J connectivity index is 1.75. The van der Waals surface area contributed by atoms with Crippen LogP contribution in [0.2, 0.25) is 0 Å². The van der Waals surface area contributed by atoms with Crippen LogP contribution in [0, 0.1) is 0 Å². The molecule has 0 fully saturated rings. The van der Waals surface area contributed by atoms with Crippen LogP contribution in [0.1, 0.15) is 31.8 Å². The first kappa shape index (κ1) is 20.2. The zero-order valence-corrected chi connectivity index (χ0v) is 18.2. The van der Waals surface area contributed by atoms with Crippen molar-refractivity contribution in [3.05, 3.63) is 61.6 Å². The Labute approximate surface area is 178 Å². The van der Waals surface area contributed by atoms with Gasteiger partial charge in [0.25, 0.3) is 11.8 Å². The maximum atomic E-state index is 12.2. The van der Waals surface area contributed by atoms with Gasteiger partial charge in [0.15, 0.2) is 0 Å². The molecule has 0 unspecified atom stereocenters. The first-order valence-electron chi connectivity index (χ1n) is 8.14. The summed E-state index contributed by atoms with van der Waals surface area (Å²) in [6, 6.07) is 10.8. The number of carbonyl (C=O) groups is 2. The van der Waals surface area contributed by atoms with Crippen LogP contribution in [0.5, 0.6) is 5.75 Å². The number of nitrogens with zero attached hydrogens (tertiary/aromatic N) is 1. The van der Waals surface area contributed by atoms with Crippen LogP contribution in [-0.4, -0.2) is 29.7 Å². The standard InChI is InChI=1S/C19H16BrN3O3S2/c1-10(22-23-19(26)15-8-7-14(28-15)18(25)21-2)13-9-27-17(16(13)24)11-3-5-12(20)6-4-11/h3-9,24H,1-2H3,(H,21,25)(H,23,26)/b22-10-. The maximum absolute atomic E-state index is 12.2. The van der Waals surface area contributed by atoms with Gasteiger partial charge in [-0.25, -0.2) is 5.43 Å². The fourth-order valence-electron chi connectivity index (χ4n) is 2.37. The van der Waals surface area contributed by atoms with Gasteiger partial charge < -0.3 is 10.4 Å². The molecule has 2 aromatic heterocycles. The van der Waals surface area contributed by atoms with Crippen molar-refractivity contribution in [2.24, 2.45) is 5.10 Å². The first-order chi connectivity index (χ1) is 13.4. The summed E-state index contributed by atoms with van der Waals surface area (Å²) in [5, 5.41) is 19.0. The van der Waals surface area contributed by atoms with Gasteiger partial charge in [-0.2, -0.15) is 5.10 Å². The van der Waals surface area contributed by atoms with E-state index in [1.807, 2.05) is 24.3 Å². The molecule has 0 saturated carbocycles. The summed E-state index contributed by atoms with van der Waals surface area (Å²) in [4.78, 5) is 25.4. The third-order valence-electron chi connectivity index (χ3n) is 3.87. The number of aromatic hydroxyl groups is 1. The molecule has 0 atom stereocenters. The van der Waals surface area contributed by atoms with Gasteiger partial charge in [0.05, 0.1) is 25.9 Å². The SMILES string of the molecule is CNC(=O)c1ccc(C(=O)N/N=C(/C)c2csc(-c3ccc(Br)cc3)c2O)s1. The highest BCUT2D eigenvalue weighted by molar-refractivity contribution is 9.10. The molecule has 144 valence electrons. The average molecular weight is 478 g/mol. The molecule has 0 aliphatic rings. The Morgan fingerprint density at radius 1 is 1.07 bits per heavy atom. The van der Waals surface area contributed by atoms with Crippen LogP contribution >= 0.6 is 38.6 Å². The summed E-state index contributed by atoms with van der Waals surface area (Å²) in [6.07, 6.45) is 0. The molecule has 0 aliphatic carbocycles. The predicted molar refractivity (Wildman–Crippen MR) is 117 cm³/mol. The zero-order valence-electron chi connectivity index (χ0n) is 14.9. The Morgan fingerprint density at radius 3 is 2.36 bits per heavy atom. The predicted octanol–water partition coefficient (Wildman–Crippen LogP) is 4.46. The van der Waals surface area contributed by atoms with E-state index in [1.54, 1.807) is 24.4 Å². The van der Waals surface area contributed by atoms with E-state index in [-0.39, 0.29) is 11.7 Å². The summed E-state index contributed by atoms with van der Waals surface area (Å²) in [5.41, 5.74) is 4.40. The Morgan fingerprint density at radius 2 is 1.71 bits per heavy atom. The van der Waals surface area contributed by atoms with Gasteiger partial charge in [0, 0.05) is 16.9 Å². The second-order valence-electron chi connectivity index (χ2n) is 5.72. The molecule has 0 saturated heterocycles. The van der Waals surface area contributed by atoms with Gasteiger partial charge in [-0.3, -0.25) is 9.59 Å². The molecule has 0 radical (unpaired) electrons. The van der Waals surface area contributed by atoms with Crippen LogP contribution in [0.4, 0.5) is 0 Å². The highest BCUT2D eigenvalue weighted by atomic mass is 79.9. The number of halogens is 1. The van der Waals surface area contributed by atoms with E-state index in [2.05, 4.69) is 31.8 Å². The third-order valence-corrected chi connectivity index (χ3v) is 6.50. The minimum atomic E-state index is -0.414. The van der Waals surface area contributed by atoms with E-state index in [0.29, 0.717) is 21.0 Å². The lowest BCUT2D eigenvalue weighted by Crippen LogP contribution is -2.18. The van der Waals surface area contributed by atoms with Crippen LogP contribution in [-0.2, 0) is 0 Å². The van der Waals surface area contributed by atoms with Crippen molar-refractivity contribution >= 4 is 56.1 Å². The van der Waals surface area contributed by atoms with Crippen molar-refractivity contribution in [2.75, 3.05) is 7.05 Å². The molecule has 3 aromatic rings. The topological polar surface area (TPSA) is 90.8 Å². The molecule has 2 amide bonds. The Bertz CT molecular complexity index is 1050. The van der Waals surface area contributed by atoms with Gasteiger partial charge >= 0.3 is 0 Å². The van der Waals surface area contributed by atoms with Crippen LogP contribution in [0.15, 0.2) is 51.4 Å². The molecule has 28 heavy (non-hydrogen) atoms. The number of carbonyl (C=O) groups excluding carboxylic acids is 2. The minimum absolute atomic E-state index is 0.126. The molecular formula is C19H16BrN3O3S2. The molecule has 2 heterocycles. The van der Waals surface area contributed by atoms with Crippen LogP contribution < -0.4 is 10.7 Å². The van der Waals surface area contributed by atoms with Crippen molar-refractivity contribution in [3.8, 4) is 16.2 Å². The molecule has 0 spiro atoms. The van der Waals surface area contributed by atoms with E-state index in [0.717, 1.165) is 26.3 Å². The molecule has 6 nitrogen and oxygen atoms in total. The number of amides is 2. The molecule has 0 bridgehead atoms. The smallest absolute Gasteiger partial charge is 0.281 e. The highest BCUT2D eigenvalue weighted by Gasteiger charge is 2.16. The molecule has 9 heteroatoms.